The van der Waals surface area contributed by atoms with Gasteiger partial charge >= 0.3 is 0 Å². The van der Waals surface area contributed by atoms with Crippen LogP contribution in [0.3, 0.4) is 0 Å². The standard InChI is InChI=1S/C17H20N2OS/c1-19(2)13-12-18-17(20)11-9-15-8-10-16(21-15)14-6-4-3-5-7-14/h3-11H,12-13H2,1-2H3,(H,18,20)/b11-9+. The topological polar surface area (TPSA) is 32.3 Å². The molecule has 0 spiro atoms. The lowest BCUT2D eigenvalue weighted by atomic mass is 10.2. The van der Waals surface area contributed by atoms with Crippen molar-refractivity contribution < 1.29 is 4.79 Å². The molecule has 4 heteroatoms. The smallest absolute Gasteiger partial charge is 0.244 e. The van der Waals surface area contributed by atoms with Gasteiger partial charge in [0.15, 0.2) is 0 Å². The zero-order valence-electron chi connectivity index (χ0n) is 12.4. The van der Waals surface area contributed by atoms with Crippen molar-refractivity contribution in [2.75, 3.05) is 27.2 Å². The summed E-state index contributed by atoms with van der Waals surface area (Å²) < 4.78 is 0. The zero-order chi connectivity index (χ0) is 15.1. The molecule has 0 unspecified atom stereocenters. The van der Waals surface area contributed by atoms with Crippen molar-refractivity contribution in [3.8, 4) is 10.4 Å². The lowest BCUT2D eigenvalue weighted by Crippen LogP contribution is -2.30. The Kier molecular flexibility index (Phi) is 5.72. The van der Waals surface area contributed by atoms with Crippen molar-refractivity contribution in [1.29, 1.82) is 0 Å². The van der Waals surface area contributed by atoms with E-state index in [4.69, 9.17) is 0 Å². The van der Waals surface area contributed by atoms with Crippen LogP contribution in [0.5, 0.6) is 0 Å². The van der Waals surface area contributed by atoms with Gasteiger partial charge in [-0.15, -0.1) is 11.3 Å². The van der Waals surface area contributed by atoms with Crippen molar-refractivity contribution in [3.05, 3.63) is 53.4 Å². The number of benzene rings is 1. The summed E-state index contributed by atoms with van der Waals surface area (Å²) in [7, 11) is 3.97. The first kappa shape index (κ1) is 15.5. The lowest BCUT2D eigenvalue weighted by Gasteiger charge is -2.08. The molecule has 1 aromatic carbocycles. The molecule has 0 bridgehead atoms. The molecular formula is C17H20N2OS. The van der Waals surface area contributed by atoms with Crippen molar-refractivity contribution in [2.24, 2.45) is 0 Å². The van der Waals surface area contributed by atoms with Gasteiger partial charge in [0.25, 0.3) is 0 Å². The molecule has 0 saturated heterocycles. The van der Waals surface area contributed by atoms with E-state index in [2.05, 4.69) is 23.5 Å². The van der Waals surface area contributed by atoms with E-state index in [0.29, 0.717) is 6.54 Å². The number of thiophene rings is 1. The van der Waals surface area contributed by atoms with Crippen LogP contribution in [0.4, 0.5) is 0 Å². The fourth-order valence-corrected chi connectivity index (χ4v) is 2.74. The van der Waals surface area contributed by atoms with Crippen LogP contribution in [0, 0.1) is 0 Å². The summed E-state index contributed by atoms with van der Waals surface area (Å²) in [5, 5.41) is 2.86. The number of nitrogens with zero attached hydrogens (tertiary/aromatic N) is 1. The van der Waals surface area contributed by atoms with Crippen LogP contribution in [0.15, 0.2) is 48.5 Å². The second-order valence-electron chi connectivity index (χ2n) is 5.00. The maximum Gasteiger partial charge on any atom is 0.244 e. The van der Waals surface area contributed by atoms with Gasteiger partial charge in [-0.3, -0.25) is 4.79 Å². The molecule has 1 aromatic heterocycles. The van der Waals surface area contributed by atoms with E-state index in [1.807, 2.05) is 49.3 Å². The number of hydrogen-bond acceptors (Lipinski definition) is 3. The number of carbonyl (C=O) groups is 1. The monoisotopic (exact) mass is 300 g/mol. The number of carbonyl (C=O) groups excluding carboxylic acids is 1. The molecule has 0 aliphatic rings. The van der Waals surface area contributed by atoms with Gasteiger partial charge in [-0.05, 0) is 37.9 Å². The Balaban J connectivity index is 1.90. The fraction of sp³-hybridized carbons (Fsp3) is 0.235. The van der Waals surface area contributed by atoms with E-state index in [1.54, 1.807) is 17.4 Å². The quantitative estimate of drug-likeness (QED) is 0.831. The molecule has 2 aromatic rings. The number of rotatable bonds is 6. The maximum absolute atomic E-state index is 11.7. The normalized spacial score (nSPS) is 11.2. The maximum atomic E-state index is 11.7. The zero-order valence-corrected chi connectivity index (χ0v) is 13.2. The van der Waals surface area contributed by atoms with Gasteiger partial charge in [0, 0.05) is 28.9 Å². The highest BCUT2D eigenvalue weighted by atomic mass is 32.1. The number of nitrogens with one attached hydrogen (secondary N) is 1. The molecular weight excluding hydrogens is 280 g/mol. The third-order valence-corrected chi connectivity index (χ3v) is 4.04. The summed E-state index contributed by atoms with van der Waals surface area (Å²) in [5.74, 6) is -0.0495. The minimum Gasteiger partial charge on any atom is -0.351 e. The number of likely N-dealkylation sites (N-methyl/N-ethyl adjacent to an activating group) is 1. The van der Waals surface area contributed by atoms with E-state index in [-0.39, 0.29) is 5.91 Å². The summed E-state index contributed by atoms with van der Waals surface area (Å²) >= 11 is 1.68. The minimum absolute atomic E-state index is 0.0495. The Hall–Kier alpha value is -1.91. The van der Waals surface area contributed by atoms with Gasteiger partial charge in [0.2, 0.25) is 5.91 Å². The molecule has 0 radical (unpaired) electrons. The van der Waals surface area contributed by atoms with Gasteiger partial charge in [0.05, 0.1) is 0 Å². The molecule has 1 N–H and O–H groups in total. The largest absolute Gasteiger partial charge is 0.351 e. The van der Waals surface area contributed by atoms with Crippen molar-refractivity contribution in [3.63, 3.8) is 0 Å². The Labute approximate surface area is 129 Å². The van der Waals surface area contributed by atoms with Crippen LogP contribution in [-0.2, 0) is 4.79 Å². The van der Waals surface area contributed by atoms with Crippen LogP contribution in [0.25, 0.3) is 16.5 Å². The molecule has 21 heavy (non-hydrogen) atoms. The Morgan fingerprint density at radius 1 is 1.19 bits per heavy atom. The average molecular weight is 300 g/mol. The Morgan fingerprint density at radius 3 is 2.67 bits per heavy atom. The Bertz CT molecular complexity index is 602. The molecule has 0 aliphatic carbocycles. The Morgan fingerprint density at radius 2 is 1.95 bits per heavy atom. The van der Waals surface area contributed by atoms with E-state index in [1.165, 1.54) is 10.4 Å². The van der Waals surface area contributed by atoms with Gasteiger partial charge in [-0.1, -0.05) is 30.3 Å². The first-order valence-electron chi connectivity index (χ1n) is 6.91. The minimum atomic E-state index is -0.0495. The van der Waals surface area contributed by atoms with E-state index in [0.717, 1.165) is 11.4 Å². The van der Waals surface area contributed by atoms with Crippen LogP contribution < -0.4 is 5.32 Å². The molecule has 2 rings (SSSR count). The first-order chi connectivity index (χ1) is 10.1. The van der Waals surface area contributed by atoms with Crippen LogP contribution in [0.2, 0.25) is 0 Å². The SMILES string of the molecule is CN(C)CCNC(=O)/C=C/c1ccc(-c2ccccc2)s1. The summed E-state index contributed by atoms with van der Waals surface area (Å²) in [6.07, 6.45) is 3.46. The molecule has 0 atom stereocenters. The third kappa shape index (κ3) is 5.17. The second-order valence-corrected chi connectivity index (χ2v) is 6.11. The third-order valence-electron chi connectivity index (χ3n) is 2.94. The highest BCUT2D eigenvalue weighted by Crippen LogP contribution is 2.28. The van der Waals surface area contributed by atoms with E-state index < -0.39 is 0 Å². The van der Waals surface area contributed by atoms with Crippen molar-refractivity contribution >= 4 is 23.3 Å². The molecule has 1 amide bonds. The number of hydrogen-bond donors (Lipinski definition) is 1. The summed E-state index contributed by atoms with van der Waals surface area (Å²) in [6, 6.07) is 14.4. The highest BCUT2D eigenvalue weighted by Gasteiger charge is 2.01. The molecule has 0 fully saturated rings. The molecule has 1 heterocycles. The van der Waals surface area contributed by atoms with Crippen molar-refractivity contribution in [2.45, 2.75) is 0 Å². The van der Waals surface area contributed by atoms with Crippen LogP contribution >= 0.6 is 11.3 Å². The summed E-state index contributed by atoms with van der Waals surface area (Å²) in [4.78, 5) is 16.0. The molecule has 110 valence electrons. The van der Waals surface area contributed by atoms with Gasteiger partial charge in [-0.25, -0.2) is 0 Å². The van der Waals surface area contributed by atoms with Crippen LogP contribution in [-0.4, -0.2) is 38.0 Å². The summed E-state index contributed by atoms with van der Waals surface area (Å²) in [5.41, 5.74) is 1.21. The number of amides is 1. The predicted octanol–water partition coefficient (Wildman–Crippen LogP) is 3.11. The van der Waals surface area contributed by atoms with Crippen molar-refractivity contribution in [1.82, 2.24) is 10.2 Å². The van der Waals surface area contributed by atoms with Gasteiger partial charge in [0.1, 0.15) is 0 Å². The van der Waals surface area contributed by atoms with Gasteiger partial charge < -0.3 is 10.2 Å². The van der Waals surface area contributed by atoms with Crippen LogP contribution in [0.1, 0.15) is 4.88 Å². The van der Waals surface area contributed by atoms with E-state index >= 15 is 0 Å². The van der Waals surface area contributed by atoms with Gasteiger partial charge in [-0.2, -0.15) is 0 Å². The summed E-state index contributed by atoms with van der Waals surface area (Å²) in [6.45, 7) is 1.51. The molecule has 3 nitrogen and oxygen atoms in total. The highest BCUT2D eigenvalue weighted by molar-refractivity contribution is 7.16. The molecule has 0 saturated carbocycles. The fourth-order valence-electron chi connectivity index (χ4n) is 1.82. The van der Waals surface area contributed by atoms with E-state index in [9.17, 15) is 4.79 Å². The molecule has 0 aliphatic heterocycles. The lowest BCUT2D eigenvalue weighted by molar-refractivity contribution is -0.116. The average Bonchev–Trinajstić information content (AvgIpc) is 2.94. The first-order valence-corrected chi connectivity index (χ1v) is 7.73. The second kappa shape index (κ2) is 7.76. The predicted molar refractivity (Wildman–Crippen MR) is 90.4 cm³/mol.